The third kappa shape index (κ3) is 7.51. The maximum Gasteiger partial charge on any atom is 0.416 e. The van der Waals surface area contributed by atoms with Gasteiger partial charge in [-0.15, -0.1) is 0 Å². The van der Waals surface area contributed by atoms with E-state index in [2.05, 4.69) is 5.32 Å². The summed E-state index contributed by atoms with van der Waals surface area (Å²) in [6.45, 7) is 4.84. The van der Waals surface area contributed by atoms with Crippen molar-refractivity contribution in [3.63, 3.8) is 0 Å². The monoisotopic (exact) mass is 547 g/mol. The molecule has 1 heterocycles. The van der Waals surface area contributed by atoms with Crippen LogP contribution in [-0.4, -0.2) is 65.6 Å². The van der Waals surface area contributed by atoms with Crippen molar-refractivity contribution >= 4 is 17.5 Å². The lowest BCUT2D eigenvalue weighted by atomic mass is 10.0. The van der Waals surface area contributed by atoms with Crippen LogP contribution in [0.2, 0.25) is 0 Å². The Morgan fingerprint density at radius 3 is 2.51 bits per heavy atom. The zero-order valence-corrected chi connectivity index (χ0v) is 22.5. The van der Waals surface area contributed by atoms with Crippen LogP contribution in [0.5, 0.6) is 5.75 Å². The number of likely N-dealkylation sites (N-methyl/N-ethyl adjacent to an activating group) is 1. The number of fused-ring (bicyclic) bond motifs is 1. The fourth-order valence-electron chi connectivity index (χ4n) is 4.80. The molecule has 0 aromatic heterocycles. The Balaban J connectivity index is 1.55. The van der Waals surface area contributed by atoms with Crippen LogP contribution in [0.4, 0.5) is 18.9 Å². The molecule has 7 nitrogen and oxygen atoms in total. The second kappa shape index (κ2) is 12.0. The Bertz CT molecular complexity index is 1170. The number of rotatable bonds is 8. The number of carbonyl (C=O) groups is 2. The summed E-state index contributed by atoms with van der Waals surface area (Å²) in [6.07, 6.45) is -2.91. The topological polar surface area (TPSA) is 82.1 Å². The molecular formula is C29H36F3N3O4. The Morgan fingerprint density at radius 2 is 1.90 bits per heavy atom. The standard InChI is InChI=1S/C29H36F3N3O4/c1-18-14-35(19(2)17-36)27(37)13-22-12-24(33-28(38)21-6-7-21)10-11-25(22)39-26(18)16-34(3)15-20-4-8-23(9-5-20)29(30,31)32/h4-5,8-12,18-19,21,26,36H,6-7,13-17H2,1-3H3,(H,33,38)/t18-,19-,26-/m1/s1. The zero-order chi connectivity index (χ0) is 28.3. The minimum Gasteiger partial charge on any atom is -0.488 e. The normalized spacial score (nSPS) is 20.9. The number of aliphatic hydroxyl groups excluding tert-OH is 1. The molecule has 1 saturated carbocycles. The van der Waals surface area contributed by atoms with Gasteiger partial charge in [0.15, 0.2) is 0 Å². The SMILES string of the molecule is C[C@@H]1CN([C@H](C)CO)C(=O)Cc2cc(NC(=O)C3CC3)ccc2O[C@@H]1CN(C)Cc1ccc(C(F)(F)F)cc1. The second-order valence-electron chi connectivity index (χ2n) is 10.9. The predicted octanol–water partition coefficient (Wildman–Crippen LogP) is 4.33. The first-order valence-corrected chi connectivity index (χ1v) is 13.3. The van der Waals surface area contributed by atoms with Gasteiger partial charge in [0.2, 0.25) is 11.8 Å². The summed E-state index contributed by atoms with van der Waals surface area (Å²) >= 11 is 0. The van der Waals surface area contributed by atoms with Crippen molar-refractivity contribution in [2.45, 2.75) is 58.0 Å². The fourth-order valence-corrected chi connectivity index (χ4v) is 4.80. The first-order valence-electron chi connectivity index (χ1n) is 13.3. The molecule has 0 unspecified atom stereocenters. The smallest absolute Gasteiger partial charge is 0.416 e. The van der Waals surface area contributed by atoms with Crippen LogP contribution in [-0.2, 0) is 28.7 Å². The first kappa shape index (κ1) is 28.9. The summed E-state index contributed by atoms with van der Waals surface area (Å²) in [5.74, 6) is 0.304. The van der Waals surface area contributed by atoms with Gasteiger partial charge in [0, 0.05) is 42.7 Å². The van der Waals surface area contributed by atoms with Crippen LogP contribution < -0.4 is 10.1 Å². The molecule has 0 spiro atoms. The molecule has 2 aliphatic rings. The highest BCUT2D eigenvalue weighted by Crippen LogP contribution is 2.33. The lowest BCUT2D eigenvalue weighted by Gasteiger charge is -2.34. The van der Waals surface area contributed by atoms with Crippen molar-refractivity contribution in [3.05, 3.63) is 59.2 Å². The van der Waals surface area contributed by atoms with Crippen molar-refractivity contribution in [3.8, 4) is 5.75 Å². The molecule has 1 fully saturated rings. The average molecular weight is 548 g/mol. The number of nitrogens with zero attached hydrogens (tertiary/aromatic N) is 2. The van der Waals surface area contributed by atoms with Crippen LogP contribution in [0.15, 0.2) is 42.5 Å². The van der Waals surface area contributed by atoms with Crippen molar-refractivity contribution in [1.29, 1.82) is 0 Å². The average Bonchev–Trinajstić information content (AvgIpc) is 3.72. The van der Waals surface area contributed by atoms with Gasteiger partial charge in [0.05, 0.1) is 24.6 Å². The van der Waals surface area contributed by atoms with Gasteiger partial charge < -0.3 is 20.1 Å². The highest BCUT2D eigenvalue weighted by atomic mass is 19.4. The number of hydrogen-bond donors (Lipinski definition) is 2. The summed E-state index contributed by atoms with van der Waals surface area (Å²) in [6, 6.07) is 10.0. The number of amides is 2. The van der Waals surface area contributed by atoms with E-state index in [0.29, 0.717) is 36.6 Å². The zero-order valence-electron chi connectivity index (χ0n) is 22.5. The molecule has 3 atom stereocenters. The highest BCUT2D eigenvalue weighted by Gasteiger charge is 2.33. The first-order chi connectivity index (χ1) is 18.4. The molecule has 2 aromatic carbocycles. The van der Waals surface area contributed by atoms with Crippen molar-refractivity contribution in [1.82, 2.24) is 9.80 Å². The van der Waals surface area contributed by atoms with Crippen molar-refractivity contribution < 1.29 is 32.6 Å². The molecule has 0 saturated heterocycles. The fraction of sp³-hybridized carbons (Fsp3) is 0.517. The van der Waals surface area contributed by atoms with E-state index in [0.717, 1.165) is 30.5 Å². The van der Waals surface area contributed by atoms with Crippen LogP contribution >= 0.6 is 0 Å². The molecule has 2 amide bonds. The van der Waals surface area contributed by atoms with Gasteiger partial charge >= 0.3 is 6.18 Å². The maximum absolute atomic E-state index is 13.3. The lowest BCUT2D eigenvalue weighted by Crippen LogP contribution is -2.47. The van der Waals surface area contributed by atoms with E-state index in [4.69, 9.17) is 4.74 Å². The van der Waals surface area contributed by atoms with Crippen LogP contribution in [0.25, 0.3) is 0 Å². The van der Waals surface area contributed by atoms with E-state index in [1.54, 1.807) is 30.0 Å². The van der Waals surface area contributed by atoms with Gasteiger partial charge in [-0.2, -0.15) is 13.2 Å². The van der Waals surface area contributed by atoms with E-state index in [9.17, 15) is 27.9 Å². The number of nitrogens with one attached hydrogen (secondary N) is 1. The summed E-state index contributed by atoms with van der Waals surface area (Å²) in [4.78, 5) is 29.3. The van der Waals surface area contributed by atoms with Gasteiger partial charge in [-0.1, -0.05) is 19.1 Å². The number of ether oxygens (including phenoxy) is 1. The minimum atomic E-state index is -4.38. The Labute approximate surface area is 226 Å². The summed E-state index contributed by atoms with van der Waals surface area (Å²) < 4.78 is 45.3. The lowest BCUT2D eigenvalue weighted by molar-refractivity contribution is -0.137. The van der Waals surface area contributed by atoms with Crippen LogP contribution in [0.3, 0.4) is 0 Å². The van der Waals surface area contributed by atoms with Gasteiger partial charge in [0.1, 0.15) is 11.9 Å². The van der Waals surface area contributed by atoms with Gasteiger partial charge in [-0.3, -0.25) is 14.5 Å². The molecule has 0 bridgehead atoms. The van der Waals surface area contributed by atoms with Gasteiger partial charge in [0.25, 0.3) is 0 Å². The number of alkyl halides is 3. The molecular weight excluding hydrogens is 511 g/mol. The van der Waals surface area contributed by atoms with Gasteiger partial charge in [-0.05, 0) is 62.7 Å². The number of hydrogen-bond acceptors (Lipinski definition) is 5. The van der Waals surface area contributed by atoms with E-state index in [1.807, 2.05) is 18.9 Å². The molecule has 2 aromatic rings. The molecule has 0 radical (unpaired) electrons. The van der Waals surface area contributed by atoms with Crippen molar-refractivity contribution in [2.75, 3.05) is 32.1 Å². The largest absolute Gasteiger partial charge is 0.488 e. The van der Waals surface area contributed by atoms with Crippen LogP contribution in [0, 0.1) is 11.8 Å². The Hall–Kier alpha value is -3.11. The molecule has 1 aliphatic carbocycles. The summed E-state index contributed by atoms with van der Waals surface area (Å²) in [5, 5.41) is 12.7. The molecule has 10 heteroatoms. The quantitative estimate of drug-likeness (QED) is 0.514. The number of aliphatic hydroxyl groups is 1. The van der Waals surface area contributed by atoms with E-state index in [1.165, 1.54) is 12.1 Å². The Kier molecular flexibility index (Phi) is 8.86. The number of benzene rings is 2. The van der Waals surface area contributed by atoms with Crippen molar-refractivity contribution in [2.24, 2.45) is 11.8 Å². The third-order valence-electron chi connectivity index (χ3n) is 7.36. The molecule has 4 rings (SSSR count). The number of carbonyl (C=O) groups excluding carboxylic acids is 2. The minimum absolute atomic E-state index is 0.0304. The summed E-state index contributed by atoms with van der Waals surface area (Å²) in [7, 11) is 1.87. The molecule has 1 aliphatic heterocycles. The van der Waals surface area contributed by atoms with E-state index < -0.39 is 11.7 Å². The maximum atomic E-state index is 13.3. The van der Waals surface area contributed by atoms with E-state index in [-0.39, 0.29) is 48.8 Å². The van der Waals surface area contributed by atoms with E-state index >= 15 is 0 Å². The third-order valence-corrected chi connectivity index (χ3v) is 7.36. The van der Waals surface area contributed by atoms with Gasteiger partial charge in [-0.25, -0.2) is 0 Å². The second-order valence-corrected chi connectivity index (χ2v) is 10.9. The highest BCUT2D eigenvalue weighted by molar-refractivity contribution is 5.94. The molecule has 39 heavy (non-hydrogen) atoms. The predicted molar refractivity (Wildman–Crippen MR) is 141 cm³/mol. The van der Waals surface area contributed by atoms with Crippen LogP contribution in [0.1, 0.15) is 43.4 Å². The number of halogens is 3. The molecule has 2 N–H and O–H groups in total. The molecule has 212 valence electrons. The number of anilines is 1. The summed E-state index contributed by atoms with van der Waals surface area (Å²) in [5.41, 5.74) is 1.30. The Morgan fingerprint density at radius 1 is 1.21 bits per heavy atom.